The molecule has 45 heavy (non-hydrogen) atoms. The van der Waals surface area contributed by atoms with Crippen LogP contribution >= 0.6 is 0 Å². The third-order valence-corrected chi connectivity index (χ3v) is 10.6. The largest absolute Gasteiger partial charge is 0.480 e. The van der Waals surface area contributed by atoms with E-state index < -0.39 is 68.4 Å². The molecule has 1 fully saturated rings. The molecule has 1 aliphatic heterocycles. The molecule has 2 heterocycles. The smallest absolute Gasteiger partial charge is 0.416 e. The normalized spacial score (nSPS) is 18.6. The van der Waals surface area contributed by atoms with E-state index in [1.807, 2.05) is 12.1 Å². The van der Waals surface area contributed by atoms with Crippen molar-refractivity contribution in [1.82, 2.24) is 8.87 Å². The molecule has 1 amide bonds. The number of pyridine rings is 1. The SMILES string of the molecule is NC(=O)c1c(Cc2cccc3ccccc23)c(-c2cccc(C(F)(F)F)c2)c2n(c1=O)C(C(=O)O)CN(C1CCCC1)S2(=O)=O. The van der Waals surface area contributed by atoms with E-state index in [4.69, 9.17) is 5.73 Å². The van der Waals surface area contributed by atoms with E-state index in [1.165, 1.54) is 6.07 Å². The van der Waals surface area contributed by atoms with Gasteiger partial charge in [-0.3, -0.25) is 14.2 Å². The molecule has 0 radical (unpaired) electrons. The van der Waals surface area contributed by atoms with Crippen molar-refractivity contribution in [3.63, 3.8) is 0 Å². The van der Waals surface area contributed by atoms with Crippen molar-refractivity contribution in [2.45, 2.75) is 55.4 Å². The second-order valence-electron chi connectivity index (χ2n) is 11.3. The lowest BCUT2D eigenvalue weighted by Gasteiger charge is -2.38. The van der Waals surface area contributed by atoms with Gasteiger partial charge in [0.15, 0.2) is 5.03 Å². The lowest BCUT2D eigenvalue weighted by molar-refractivity contribution is -0.142. The van der Waals surface area contributed by atoms with Gasteiger partial charge in [-0.25, -0.2) is 13.2 Å². The summed E-state index contributed by atoms with van der Waals surface area (Å²) < 4.78 is 72.5. The average Bonchev–Trinajstić information content (AvgIpc) is 3.51. The molecule has 0 spiro atoms. The minimum absolute atomic E-state index is 0.199. The number of hydrogen-bond donors (Lipinski definition) is 2. The number of fused-ring (bicyclic) bond motifs is 2. The topological polar surface area (TPSA) is 140 Å². The summed E-state index contributed by atoms with van der Waals surface area (Å²) in [6.45, 7) is -0.585. The van der Waals surface area contributed by atoms with Gasteiger partial charge in [0.05, 0.1) is 5.56 Å². The number of hydrogen-bond acceptors (Lipinski definition) is 5. The number of carbonyl (C=O) groups excluding carboxylic acids is 1. The summed E-state index contributed by atoms with van der Waals surface area (Å²) in [5, 5.41) is 11.0. The van der Waals surface area contributed by atoms with Gasteiger partial charge in [-0.05, 0) is 58.9 Å². The van der Waals surface area contributed by atoms with E-state index in [1.54, 1.807) is 30.3 Å². The monoisotopic (exact) mass is 639 g/mol. The summed E-state index contributed by atoms with van der Waals surface area (Å²) >= 11 is 0. The molecule has 234 valence electrons. The third kappa shape index (κ3) is 5.19. The van der Waals surface area contributed by atoms with Crippen LogP contribution in [0.15, 0.2) is 76.6 Å². The number of primary amides is 1. The first-order valence-corrected chi connectivity index (χ1v) is 15.7. The molecular formula is C32H28F3N3O6S. The molecule has 4 aromatic rings. The van der Waals surface area contributed by atoms with E-state index >= 15 is 0 Å². The quantitative estimate of drug-likeness (QED) is 0.306. The Morgan fingerprint density at radius 1 is 0.978 bits per heavy atom. The second kappa shape index (κ2) is 11.1. The maximum absolute atomic E-state index is 14.5. The van der Waals surface area contributed by atoms with Gasteiger partial charge >= 0.3 is 12.1 Å². The maximum atomic E-state index is 14.5. The molecule has 2 aliphatic rings. The van der Waals surface area contributed by atoms with Gasteiger partial charge in [-0.15, -0.1) is 0 Å². The van der Waals surface area contributed by atoms with Crippen LogP contribution in [0.3, 0.4) is 0 Å². The van der Waals surface area contributed by atoms with Crippen LogP contribution in [0.5, 0.6) is 0 Å². The summed E-state index contributed by atoms with van der Waals surface area (Å²) in [5.74, 6) is -2.80. The zero-order valence-corrected chi connectivity index (χ0v) is 24.6. The Hall–Kier alpha value is -4.49. The first kappa shape index (κ1) is 30.5. The van der Waals surface area contributed by atoms with Crippen molar-refractivity contribution >= 4 is 32.7 Å². The number of halogens is 3. The molecule has 13 heteroatoms. The zero-order chi connectivity index (χ0) is 32.3. The molecule has 3 aromatic carbocycles. The van der Waals surface area contributed by atoms with E-state index in [0.717, 1.165) is 27.9 Å². The number of carboxylic acid groups (broad SMARTS) is 1. The minimum Gasteiger partial charge on any atom is -0.480 e. The Kier molecular flexibility index (Phi) is 7.56. The van der Waals surface area contributed by atoms with Crippen molar-refractivity contribution < 1.29 is 36.3 Å². The van der Waals surface area contributed by atoms with Gasteiger partial charge in [0.1, 0.15) is 11.6 Å². The highest BCUT2D eigenvalue weighted by Crippen LogP contribution is 2.43. The number of sulfonamides is 1. The Morgan fingerprint density at radius 3 is 2.31 bits per heavy atom. The summed E-state index contributed by atoms with van der Waals surface area (Å²) in [4.78, 5) is 39.8. The molecule has 9 nitrogen and oxygen atoms in total. The number of amides is 1. The van der Waals surface area contributed by atoms with Crippen LogP contribution in [0.1, 0.15) is 58.8 Å². The van der Waals surface area contributed by atoms with Crippen LogP contribution in [-0.2, 0) is 27.4 Å². The number of rotatable bonds is 6. The molecular weight excluding hydrogens is 611 g/mol. The molecule has 1 aliphatic carbocycles. The van der Waals surface area contributed by atoms with Gasteiger partial charge in [-0.1, -0.05) is 67.4 Å². The highest BCUT2D eigenvalue weighted by atomic mass is 32.2. The number of alkyl halides is 3. The van der Waals surface area contributed by atoms with Gasteiger partial charge in [0.25, 0.3) is 21.5 Å². The number of aromatic nitrogens is 1. The number of aliphatic carboxylic acids is 1. The van der Waals surface area contributed by atoms with E-state index in [-0.39, 0.29) is 23.1 Å². The van der Waals surface area contributed by atoms with Gasteiger partial charge in [-0.2, -0.15) is 17.5 Å². The summed E-state index contributed by atoms with van der Waals surface area (Å²) in [7, 11) is -4.68. The maximum Gasteiger partial charge on any atom is 0.416 e. The molecule has 6 rings (SSSR count). The van der Waals surface area contributed by atoms with E-state index in [0.29, 0.717) is 41.2 Å². The van der Waals surface area contributed by atoms with Crippen molar-refractivity contribution in [1.29, 1.82) is 0 Å². The second-order valence-corrected chi connectivity index (χ2v) is 13.1. The molecule has 1 atom stereocenters. The molecule has 1 aromatic heterocycles. The summed E-state index contributed by atoms with van der Waals surface area (Å²) in [5.41, 5.74) is 2.45. The number of nitrogens with zero attached hydrogens (tertiary/aromatic N) is 2. The fraction of sp³-hybridized carbons (Fsp3) is 0.281. The number of nitrogens with two attached hydrogens (primary N) is 1. The predicted molar refractivity (Wildman–Crippen MR) is 159 cm³/mol. The lowest BCUT2D eigenvalue weighted by Crippen LogP contribution is -2.53. The highest BCUT2D eigenvalue weighted by molar-refractivity contribution is 7.89. The van der Waals surface area contributed by atoms with Crippen molar-refractivity contribution in [2.75, 3.05) is 6.54 Å². The van der Waals surface area contributed by atoms with Crippen LogP contribution in [0.4, 0.5) is 13.2 Å². The predicted octanol–water partition coefficient (Wildman–Crippen LogP) is 4.95. The fourth-order valence-corrected chi connectivity index (χ4v) is 8.78. The van der Waals surface area contributed by atoms with Crippen LogP contribution < -0.4 is 11.3 Å². The molecule has 1 unspecified atom stereocenters. The van der Waals surface area contributed by atoms with Crippen LogP contribution in [0.2, 0.25) is 0 Å². The Balaban J connectivity index is 1.77. The first-order valence-electron chi connectivity index (χ1n) is 14.3. The molecule has 0 bridgehead atoms. The van der Waals surface area contributed by atoms with Crippen LogP contribution in [-0.4, -0.2) is 46.9 Å². The van der Waals surface area contributed by atoms with Crippen LogP contribution in [0, 0.1) is 0 Å². The van der Waals surface area contributed by atoms with Crippen LogP contribution in [0.25, 0.3) is 21.9 Å². The standard InChI is InChI=1S/C32H28F3N3O6S/c33-32(34,35)21-11-6-10-20(15-21)26-24(16-19-9-5-8-18-7-1-4-14-23(18)19)27(28(36)39)29(40)38-25(31(41)42)17-37(22-12-2-3-13-22)45(43,44)30(26)38/h1,4-11,14-15,22,25H,2-3,12-13,16-17H2,(H2,36,39)(H,41,42). The zero-order valence-electron chi connectivity index (χ0n) is 23.8. The fourth-order valence-electron chi connectivity index (χ4n) is 6.66. The van der Waals surface area contributed by atoms with Crippen molar-refractivity contribution in [3.8, 4) is 11.1 Å². The molecule has 0 saturated heterocycles. The van der Waals surface area contributed by atoms with E-state index in [2.05, 4.69) is 0 Å². The lowest BCUT2D eigenvalue weighted by atomic mass is 9.89. The molecule has 1 saturated carbocycles. The highest BCUT2D eigenvalue weighted by Gasteiger charge is 2.47. The van der Waals surface area contributed by atoms with Gasteiger partial charge in [0, 0.05) is 18.2 Å². The van der Waals surface area contributed by atoms with Gasteiger partial charge < -0.3 is 10.8 Å². The third-order valence-electron chi connectivity index (χ3n) is 8.68. The Bertz CT molecular complexity index is 2030. The Labute approximate surface area is 255 Å². The van der Waals surface area contributed by atoms with E-state index in [9.17, 15) is 41.1 Å². The number of benzene rings is 3. The number of carboxylic acids is 1. The van der Waals surface area contributed by atoms with Gasteiger partial charge in [0.2, 0.25) is 0 Å². The average molecular weight is 640 g/mol. The summed E-state index contributed by atoms with van der Waals surface area (Å²) in [6, 6.07) is 14.0. The first-order chi connectivity index (χ1) is 21.3. The van der Waals surface area contributed by atoms with Crippen molar-refractivity contribution in [3.05, 3.63) is 99.3 Å². The number of carbonyl (C=O) groups is 2. The molecule has 3 N–H and O–H groups in total. The summed E-state index contributed by atoms with van der Waals surface area (Å²) in [6.07, 6.45) is -2.76. The van der Waals surface area contributed by atoms with Crippen molar-refractivity contribution in [2.24, 2.45) is 5.73 Å². The Morgan fingerprint density at radius 2 is 1.64 bits per heavy atom. The minimum atomic E-state index is -4.82.